The maximum atomic E-state index is 13.3. The minimum Gasteiger partial charge on any atom is -0.383 e. The first-order valence-electron chi connectivity index (χ1n) is 8.85. The number of aromatic nitrogens is 3. The average molecular weight is 362 g/mol. The van der Waals surface area contributed by atoms with Crippen LogP contribution in [0.3, 0.4) is 0 Å². The van der Waals surface area contributed by atoms with Gasteiger partial charge in [0.2, 0.25) is 0 Å². The monoisotopic (exact) mass is 362 g/mol. The number of pyridine rings is 1. The second-order valence-electron chi connectivity index (χ2n) is 6.52. The Morgan fingerprint density at radius 1 is 1.30 bits per heavy atom. The Morgan fingerprint density at radius 2 is 2.07 bits per heavy atom. The van der Waals surface area contributed by atoms with E-state index < -0.39 is 0 Å². The summed E-state index contributed by atoms with van der Waals surface area (Å²) in [6.07, 6.45) is 4.39. The van der Waals surface area contributed by atoms with Crippen LogP contribution in [0.15, 0.2) is 36.7 Å². The molecule has 0 atom stereocenters. The highest BCUT2D eigenvalue weighted by Gasteiger charge is 2.26. The van der Waals surface area contributed by atoms with Gasteiger partial charge in [-0.05, 0) is 31.2 Å². The minimum atomic E-state index is -0.259. The number of fused-ring (bicyclic) bond motifs is 1. The van der Waals surface area contributed by atoms with Gasteiger partial charge in [0.1, 0.15) is 23.3 Å². The van der Waals surface area contributed by atoms with Crippen molar-refractivity contribution in [2.45, 2.75) is 26.4 Å². The highest BCUT2D eigenvalue weighted by Crippen LogP contribution is 2.36. The Hall–Kier alpha value is -3.40. The summed E-state index contributed by atoms with van der Waals surface area (Å²) in [4.78, 5) is 6.64. The normalized spacial score (nSPS) is 13.3. The lowest BCUT2D eigenvalue weighted by atomic mass is 9.92. The molecule has 136 valence electrons. The molecule has 0 amide bonds. The highest BCUT2D eigenvalue weighted by molar-refractivity contribution is 5.79. The van der Waals surface area contributed by atoms with Crippen molar-refractivity contribution in [3.05, 3.63) is 59.3 Å². The van der Waals surface area contributed by atoms with E-state index >= 15 is 0 Å². The van der Waals surface area contributed by atoms with E-state index in [4.69, 9.17) is 5.73 Å². The number of benzene rings is 1. The summed E-state index contributed by atoms with van der Waals surface area (Å²) in [7, 11) is 0. The van der Waals surface area contributed by atoms with Gasteiger partial charge in [-0.25, -0.2) is 9.37 Å². The minimum absolute atomic E-state index is 0.255. The van der Waals surface area contributed by atoms with Gasteiger partial charge < -0.3 is 10.6 Å². The van der Waals surface area contributed by atoms with E-state index in [2.05, 4.69) is 21.1 Å². The summed E-state index contributed by atoms with van der Waals surface area (Å²) >= 11 is 0. The molecular weight excluding hydrogens is 343 g/mol. The van der Waals surface area contributed by atoms with Crippen molar-refractivity contribution in [3.8, 4) is 17.2 Å². The molecule has 0 radical (unpaired) electrons. The first kappa shape index (κ1) is 17.0. The maximum absolute atomic E-state index is 13.3. The molecule has 4 rings (SSSR count). The SMILES string of the molecule is CCn1cc(-c2c(C#N)c(N)nc3c2CN(c2ccc(F)cc2)CC3)cn1. The Balaban J connectivity index is 1.83. The van der Waals surface area contributed by atoms with Gasteiger partial charge in [-0.2, -0.15) is 10.4 Å². The topological polar surface area (TPSA) is 83.8 Å². The van der Waals surface area contributed by atoms with E-state index in [-0.39, 0.29) is 11.6 Å². The lowest BCUT2D eigenvalue weighted by Crippen LogP contribution is -2.32. The van der Waals surface area contributed by atoms with Crippen molar-refractivity contribution in [3.63, 3.8) is 0 Å². The Kier molecular flexibility index (Phi) is 4.24. The molecule has 0 fully saturated rings. The lowest BCUT2D eigenvalue weighted by Gasteiger charge is -2.32. The molecule has 2 N–H and O–H groups in total. The number of aryl methyl sites for hydroxylation is 1. The van der Waals surface area contributed by atoms with Gasteiger partial charge in [0.25, 0.3) is 0 Å². The van der Waals surface area contributed by atoms with Crippen molar-refractivity contribution in [1.82, 2.24) is 14.8 Å². The van der Waals surface area contributed by atoms with Crippen LogP contribution in [0.5, 0.6) is 0 Å². The molecule has 1 aromatic carbocycles. The largest absolute Gasteiger partial charge is 0.383 e. The molecule has 6 nitrogen and oxygen atoms in total. The smallest absolute Gasteiger partial charge is 0.142 e. The summed E-state index contributed by atoms with van der Waals surface area (Å²) in [5.41, 5.74) is 10.9. The number of rotatable bonds is 3. The zero-order valence-electron chi connectivity index (χ0n) is 15.0. The number of nitrogen functional groups attached to an aromatic ring is 1. The standard InChI is InChI=1S/C20H19FN6/c1-2-27-11-13(10-24-27)19-16(9-22)20(23)25-18-7-8-26(12-17(18)19)15-5-3-14(21)4-6-15/h3-6,10-11H,2,7-8,12H2,1H3,(H2,23,25). The first-order chi connectivity index (χ1) is 13.1. The quantitative estimate of drug-likeness (QED) is 0.774. The van der Waals surface area contributed by atoms with Crippen LogP contribution in [-0.4, -0.2) is 21.3 Å². The second kappa shape index (κ2) is 6.72. The summed E-state index contributed by atoms with van der Waals surface area (Å²) in [5.74, 6) is -0.00392. The lowest BCUT2D eigenvalue weighted by molar-refractivity contribution is 0.626. The molecule has 1 aliphatic rings. The molecule has 2 aromatic heterocycles. The van der Waals surface area contributed by atoms with Crippen molar-refractivity contribution >= 4 is 11.5 Å². The number of anilines is 2. The van der Waals surface area contributed by atoms with E-state index in [9.17, 15) is 9.65 Å². The number of hydrogen-bond donors (Lipinski definition) is 1. The van der Waals surface area contributed by atoms with Crippen molar-refractivity contribution in [2.75, 3.05) is 17.2 Å². The predicted molar refractivity (Wildman–Crippen MR) is 101 cm³/mol. The average Bonchev–Trinajstić information content (AvgIpc) is 3.16. The third kappa shape index (κ3) is 2.99. The highest BCUT2D eigenvalue weighted by atomic mass is 19.1. The van der Waals surface area contributed by atoms with E-state index in [1.54, 1.807) is 18.3 Å². The first-order valence-corrected chi connectivity index (χ1v) is 8.85. The Bertz CT molecular complexity index is 1030. The molecule has 0 aliphatic carbocycles. The van der Waals surface area contributed by atoms with Crippen LogP contribution < -0.4 is 10.6 Å². The Labute approximate surface area is 156 Å². The van der Waals surface area contributed by atoms with Gasteiger partial charge in [0, 0.05) is 54.6 Å². The number of nitrogens with zero attached hydrogens (tertiary/aromatic N) is 5. The zero-order valence-corrected chi connectivity index (χ0v) is 15.0. The number of nitriles is 1. The third-order valence-corrected chi connectivity index (χ3v) is 4.93. The van der Waals surface area contributed by atoms with E-state index in [0.29, 0.717) is 18.5 Å². The van der Waals surface area contributed by atoms with Gasteiger partial charge in [0.05, 0.1) is 11.9 Å². The third-order valence-electron chi connectivity index (χ3n) is 4.93. The number of halogens is 1. The fourth-order valence-electron chi connectivity index (χ4n) is 3.55. The van der Waals surface area contributed by atoms with Crippen LogP contribution >= 0.6 is 0 Å². The summed E-state index contributed by atoms with van der Waals surface area (Å²) in [6, 6.07) is 8.66. The van der Waals surface area contributed by atoms with Gasteiger partial charge >= 0.3 is 0 Å². The Morgan fingerprint density at radius 3 is 2.74 bits per heavy atom. The molecule has 0 saturated carbocycles. The van der Waals surface area contributed by atoms with Crippen LogP contribution in [0.25, 0.3) is 11.1 Å². The van der Waals surface area contributed by atoms with Crippen molar-refractivity contribution in [2.24, 2.45) is 0 Å². The van der Waals surface area contributed by atoms with Gasteiger partial charge in [0.15, 0.2) is 0 Å². The molecule has 0 unspecified atom stereocenters. The molecule has 0 spiro atoms. The van der Waals surface area contributed by atoms with Crippen LogP contribution in [0.1, 0.15) is 23.7 Å². The fraction of sp³-hybridized carbons (Fsp3) is 0.250. The number of hydrogen-bond acceptors (Lipinski definition) is 5. The van der Waals surface area contributed by atoms with Crippen LogP contribution in [-0.2, 0) is 19.5 Å². The fourth-order valence-corrected chi connectivity index (χ4v) is 3.55. The van der Waals surface area contributed by atoms with E-state index in [1.807, 2.05) is 17.8 Å². The molecule has 0 saturated heterocycles. The predicted octanol–water partition coefficient (Wildman–Crippen LogP) is 3.12. The van der Waals surface area contributed by atoms with Crippen molar-refractivity contribution < 1.29 is 4.39 Å². The van der Waals surface area contributed by atoms with Crippen LogP contribution in [0.2, 0.25) is 0 Å². The van der Waals surface area contributed by atoms with Crippen molar-refractivity contribution in [1.29, 1.82) is 5.26 Å². The summed E-state index contributed by atoms with van der Waals surface area (Å²) < 4.78 is 15.1. The van der Waals surface area contributed by atoms with Gasteiger partial charge in [-0.1, -0.05) is 0 Å². The molecule has 3 heterocycles. The van der Waals surface area contributed by atoms with Crippen LogP contribution in [0.4, 0.5) is 15.9 Å². The maximum Gasteiger partial charge on any atom is 0.142 e. The van der Waals surface area contributed by atoms with E-state index in [1.165, 1.54) is 12.1 Å². The molecular formula is C20H19FN6. The summed E-state index contributed by atoms with van der Waals surface area (Å²) in [5, 5.41) is 14.0. The zero-order chi connectivity index (χ0) is 19.0. The number of nitrogens with two attached hydrogens (primary N) is 1. The molecule has 0 bridgehead atoms. The molecule has 1 aliphatic heterocycles. The van der Waals surface area contributed by atoms with Gasteiger partial charge in [-0.15, -0.1) is 0 Å². The van der Waals surface area contributed by atoms with Gasteiger partial charge in [-0.3, -0.25) is 4.68 Å². The molecule has 27 heavy (non-hydrogen) atoms. The van der Waals surface area contributed by atoms with E-state index in [0.717, 1.165) is 41.2 Å². The second-order valence-corrected chi connectivity index (χ2v) is 6.52. The van der Waals surface area contributed by atoms with Crippen LogP contribution in [0, 0.1) is 17.1 Å². The molecule has 3 aromatic rings. The summed E-state index contributed by atoms with van der Waals surface area (Å²) in [6.45, 7) is 4.08. The molecule has 7 heteroatoms.